The third kappa shape index (κ3) is 4.16. The number of hydrogen-bond donors (Lipinski definition) is 0. The Kier molecular flexibility index (Phi) is 5.18. The molecule has 0 radical (unpaired) electrons. The Bertz CT molecular complexity index is 972. The topological polar surface area (TPSA) is 51.8 Å². The standard InChI is InChI=1S/C17H14ClF5N4O/c1-9(5-12(19)14(24-2)28-11-6-16(20,21)7-11)10-3-4-13-25-26-15(17(18,22)23)27(13)8-10/h3-5,8,11H,2,6-7H2,1H3/b9-5+,14-12-. The van der Waals surface area contributed by atoms with Crippen LogP contribution < -0.4 is 0 Å². The SMILES string of the molecule is C=N/C(OC1CC(F)(F)C1)=C(F)\C=C(/C)c1ccc2nnc(C(F)(F)Cl)n2c1. The second-order valence-electron chi connectivity index (χ2n) is 6.31. The van der Waals surface area contributed by atoms with Crippen LogP contribution in [0.1, 0.15) is 31.2 Å². The van der Waals surface area contributed by atoms with Crippen molar-refractivity contribution in [1.29, 1.82) is 0 Å². The predicted octanol–water partition coefficient (Wildman–Crippen LogP) is 5.07. The van der Waals surface area contributed by atoms with E-state index in [1.54, 1.807) is 0 Å². The molecule has 28 heavy (non-hydrogen) atoms. The molecule has 1 saturated carbocycles. The molecule has 5 nitrogen and oxygen atoms in total. The lowest BCUT2D eigenvalue weighted by Crippen LogP contribution is -2.41. The molecule has 1 aliphatic carbocycles. The average Bonchev–Trinajstić information content (AvgIpc) is 3.00. The zero-order valence-electron chi connectivity index (χ0n) is 14.5. The molecule has 0 aliphatic heterocycles. The number of alkyl halides is 5. The van der Waals surface area contributed by atoms with E-state index in [1.807, 2.05) is 0 Å². The first-order valence-electron chi connectivity index (χ1n) is 8.02. The number of aromatic nitrogens is 3. The van der Waals surface area contributed by atoms with Gasteiger partial charge >= 0.3 is 5.38 Å². The van der Waals surface area contributed by atoms with Gasteiger partial charge in [0, 0.05) is 19.0 Å². The zero-order valence-corrected chi connectivity index (χ0v) is 15.2. The van der Waals surface area contributed by atoms with E-state index in [4.69, 9.17) is 16.3 Å². The number of fused-ring (bicyclic) bond motifs is 1. The normalized spacial score (nSPS) is 18.6. The maximum Gasteiger partial charge on any atom is 0.382 e. The molecular formula is C17H14ClF5N4O. The van der Waals surface area contributed by atoms with Gasteiger partial charge in [-0.25, -0.2) is 18.2 Å². The highest BCUT2D eigenvalue weighted by Crippen LogP contribution is 2.40. The second kappa shape index (κ2) is 7.16. The quantitative estimate of drug-likeness (QED) is 0.215. The molecule has 0 amide bonds. The van der Waals surface area contributed by atoms with Crippen molar-refractivity contribution in [3.05, 3.63) is 47.5 Å². The molecular weight excluding hydrogens is 407 g/mol. The lowest BCUT2D eigenvalue weighted by molar-refractivity contribution is -0.152. The number of nitrogens with zero attached hydrogens (tertiary/aromatic N) is 4. The van der Waals surface area contributed by atoms with E-state index in [2.05, 4.69) is 21.9 Å². The molecule has 0 unspecified atom stereocenters. The molecule has 2 heterocycles. The Labute approximate surface area is 161 Å². The van der Waals surface area contributed by atoms with Crippen molar-refractivity contribution in [3.8, 4) is 0 Å². The molecule has 2 aromatic rings. The van der Waals surface area contributed by atoms with Gasteiger partial charge in [-0.1, -0.05) is 0 Å². The first-order valence-corrected chi connectivity index (χ1v) is 8.39. The third-order valence-corrected chi connectivity index (χ3v) is 4.30. The van der Waals surface area contributed by atoms with E-state index in [0.717, 1.165) is 10.5 Å². The number of ether oxygens (including phenoxy) is 1. The molecule has 1 fully saturated rings. The number of rotatable bonds is 6. The lowest BCUT2D eigenvalue weighted by atomic mass is 9.91. The van der Waals surface area contributed by atoms with Gasteiger partial charge < -0.3 is 4.74 Å². The van der Waals surface area contributed by atoms with Crippen LogP contribution in [0.2, 0.25) is 0 Å². The molecule has 2 aromatic heterocycles. The summed E-state index contributed by atoms with van der Waals surface area (Å²) >= 11 is 5.02. The maximum atomic E-state index is 14.4. The van der Waals surface area contributed by atoms with Crippen molar-refractivity contribution in [1.82, 2.24) is 14.6 Å². The molecule has 11 heteroatoms. The highest BCUT2D eigenvalue weighted by atomic mass is 35.5. The molecule has 0 atom stereocenters. The van der Waals surface area contributed by atoms with Crippen molar-refractivity contribution in [2.24, 2.45) is 4.99 Å². The van der Waals surface area contributed by atoms with Crippen LogP contribution in [0.25, 0.3) is 11.2 Å². The first-order chi connectivity index (χ1) is 13.0. The fourth-order valence-corrected chi connectivity index (χ4v) is 2.80. The molecule has 0 bridgehead atoms. The van der Waals surface area contributed by atoms with Gasteiger partial charge in [-0.2, -0.15) is 8.78 Å². The molecule has 0 spiro atoms. The molecule has 0 N–H and O–H groups in total. The van der Waals surface area contributed by atoms with E-state index in [1.165, 1.54) is 25.3 Å². The monoisotopic (exact) mass is 420 g/mol. The van der Waals surface area contributed by atoms with Gasteiger partial charge in [0.05, 0.1) is 0 Å². The van der Waals surface area contributed by atoms with E-state index < -0.39 is 47.8 Å². The summed E-state index contributed by atoms with van der Waals surface area (Å²) in [5.74, 6) is -5.06. The van der Waals surface area contributed by atoms with Gasteiger partial charge in [0.2, 0.25) is 11.7 Å². The third-order valence-electron chi connectivity index (χ3n) is 4.13. The summed E-state index contributed by atoms with van der Waals surface area (Å²) in [6, 6.07) is 2.93. The smallest absolute Gasteiger partial charge is 0.382 e. The van der Waals surface area contributed by atoms with Gasteiger partial charge in [-0.05, 0) is 54.6 Å². The Morgan fingerprint density at radius 3 is 2.64 bits per heavy atom. The average molecular weight is 421 g/mol. The van der Waals surface area contributed by atoms with E-state index >= 15 is 0 Å². The highest BCUT2D eigenvalue weighted by molar-refractivity contribution is 6.21. The lowest BCUT2D eigenvalue weighted by Gasteiger charge is -2.34. The fraction of sp³-hybridized carbons (Fsp3) is 0.353. The number of allylic oxidation sites excluding steroid dienone is 3. The summed E-state index contributed by atoms with van der Waals surface area (Å²) in [7, 11) is 0. The van der Waals surface area contributed by atoms with E-state index in [0.29, 0.717) is 11.1 Å². The van der Waals surface area contributed by atoms with Gasteiger partial charge in [0.15, 0.2) is 11.5 Å². The number of pyridine rings is 1. The van der Waals surface area contributed by atoms with Crippen molar-refractivity contribution in [3.63, 3.8) is 0 Å². The summed E-state index contributed by atoms with van der Waals surface area (Å²) in [6.07, 6.45) is 0.403. The Morgan fingerprint density at radius 2 is 2.07 bits per heavy atom. The molecule has 0 saturated heterocycles. The number of halogens is 6. The van der Waals surface area contributed by atoms with Crippen LogP contribution in [0.4, 0.5) is 22.0 Å². The van der Waals surface area contributed by atoms with Gasteiger partial charge in [-0.15, -0.1) is 10.2 Å². The minimum absolute atomic E-state index is 0.130. The highest BCUT2D eigenvalue weighted by Gasteiger charge is 2.47. The minimum Gasteiger partial charge on any atom is -0.472 e. The molecule has 0 aromatic carbocycles. The maximum absolute atomic E-state index is 14.4. The Morgan fingerprint density at radius 1 is 1.39 bits per heavy atom. The van der Waals surface area contributed by atoms with Crippen molar-refractivity contribution < 1.29 is 26.7 Å². The van der Waals surface area contributed by atoms with Gasteiger partial charge in [-0.3, -0.25) is 4.40 Å². The van der Waals surface area contributed by atoms with Crippen LogP contribution in [0.5, 0.6) is 0 Å². The van der Waals surface area contributed by atoms with E-state index in [9.17, 15) is 22.0 Å². The largest absolute Gasteiger partial charge is 0.472 e. The van der Waals surface area contributed by atoms with Crippen LogP contribution in [-0.4, -0.2) is 33.3 Å². The molecule has 150 valence electrons. The Hall–Kier alpha value is -2.49. The van der Waals surface area contributed by atoms with Crippen molar-refractivity contribution in [2.45, 2.75) is 37.2 Å². The van der Waals surface area contributed by atoms with Crippen molar-refractivity contribution >= 4 is 29.5 Å². The van der Waals surface area contributed by atoms with Crippen LogP contribution in [0, 0.1) is 0 Å². The summed E-state index contributed by atoms with van der Waals surface area (Å²) in [6.45, 7) is 4.69. The van der Waals surface area contributed by atoms with Gasteiger partial charge in [0.1, 0.15) is 6.10 Å². The Balaban J connectivity index is 1.88. The minimum atomic E-state index is -3.74. The number of aliphatic imine (C=N–C) groups is 1. The van der Waals surface area contributed by atoms with Crippen LogP contribution in [-0.2, 0) is 10.1 Å². The summed E-state index contributed by atoms with van der Waals surface area (Å²) in [5.41, 5.74) is 0.814. The first kappa shape index (κ1) is 20.2. The summed E-state index contributed by atoms with van der Waals surface area (Å²) in [5, 5.41) is 3.21. The van der Waals surface area contributed by atoms with Gasteiger partial charge in [0.25, 0.3) is 5.92 Å². The molecule has 1 aliphatic rings. The van der Waals surface area contributed by atoms with Crippen LogP contribution in [0.3, 0.4) is 0 Å². The van der Waals surface area contributed by atoms with Crippen LogP contribution >= 0.6 is 11.6 Å². The number of hydrogen-bond acceptors (Lipinski definition) is 4. The second-order valence-corrected chi connectivity index (χ2v) is 6.78. The van der Waals surface area contributed by atoms with E-state index in [-0.39, 0.29) is 5.65 Å². The predicted molar refractivity (Wildman–Crippen MR) is 93.1 cm³/mol. The van der Waals surface area contributed by atoms with Crippen molar-refractivity contribution in [2.75, 3.05) is 0 Å². The molecule has 3 rings (SSSR count). The summed E-state index contributed by atoms with van der Waals surface area (Å²) < 4.78 is 73.0. The zero-order chi connectivity index (χ0) is 20.7. The summed E-state index contributed by atoms with van der Waals surface area (Å²) in [4.78, 5) is 3.39. The van der Waals surface area contributed by atoms with Crippen LogP contribution in [0.15, 0.2) is 41.1 Å². The fourth-order valence-electron chi connectivity index (χ4n) is 2.67.